The fourth-order valence-electron chi connectivity index (χ4n) is 1.51. The van der Waals surface area contributed by atoms with E-state index in [1.165, 1.54) is 0 Å². The maximum absolute atomic E-state index is 12.7. The minimum atomic E-state index is -4.96. The summed E-state index contributed by atoms with van der Waals surface area (Å²) in [6, 6.07) is 0.962. The summed E-state index contributed by atoms with van der Waals surface area (Å²) in [5.74, 6) is 0. The van der Waals surface area contributed by atoms with Crippen molar-refractivity contribution < 1.29 is 35.9 Å². The molecular weight excluding hydrogens is 342 g/mol. The van der Waals surface area contributed by atoms with Crippen molar-refractivity contribution in [2.45, 2.75) is 38.7 Å². The number of rotatable bonds is 2. The fourth-order valence-corrected chi connectivity index (χ4v) is 1.51. The first-order valence-electron chi connectivity index (χ1n) is 6.50. The van der Waals surface area contributed by atoms with E-state index < -0.39 is 40.7 Å². The molecule has 0 aliphatic carbocycles. The number of hydrogen-bond donors (Lipinski definition) is 1. The van der Waals surface area contributed by atoms with E-state index in [0.29, 0.717) is 18.3 Å². The molecule has 0 spiro atoms. The molecule has 1 aromatic rings. The molecule has 1 rings (SSSR count). The van der Waals surface area contributed by atoms with Crippen LogP contribution in [0.1, 0.15) is 37.5 Å². The normalized spacial score (nSPS) is 13.2. The van der Waals surface area contributed by atoms with Crippen LogP contribution in [0, 0.1) is 0 Å². The molecule has 1 aromatic carbocycles. The Hall–Kier alpha value is -2.26. The van der Waals surface area contributed by atoms with Crippen LogP contribution >= 0.6 is 0 Å². The first-order chi connectivity index (χ1) is 10.7. The lowest BCUT2D eigenvalue weighted by Gasteiger charge is -2.18. The number of ether oxygens (including phenoxy) is 1. The first-order valence-corrected chi connectivity index (χ1v) is 6.50. The van der Waals surface area contributed by atoms with E-state index in [1.807, 2.05) is 5.43 Å². The molecule has 0 radical (unpaired) electrons. The average Bonchev–Trinajstić information content (AvgIpc) is 2.34. The molecule has 1 amide bonds. The van der Waals surface area contributed by atoms with Crippen LogP contribution in [-0.4, -0.2) is 17.9 Å². The van der Waals surface area contributed by atoms with Gasteiger partial charge in [-0.05, 0) is 44.5 Å². The predicted molar refractivity (Wildman–Crippen MR) is 73.4 cm³/mol. The Balaban J connectivity index is 3.03. The summed E-state index contributed by atoms with van der Waals surface area (Å²) in [6.45, 7) is 4.70. The molecule has 0 saturated carbocycles. The van der Waals surface area contributed by atoms with Gasteiger partial charge < -0.3 is 4.74 Å². The van der Waals surface area contributed by atoms with Gasteiger partial charge in [0.1, 0.15) is 5.60 Å². The number of halogens is 6. The Bertz CT molecular complexity index is 597. The third-order valence-electron chi connectivity index (χ3n) is 2.38. The SMILES string of the molecule is CC(C)(C)OC(=O)N/N=C\c1cc(C(F)(F)F)cc(C(F)(F)F)c1. The molecule has 0 unspecified atom stereocenters. The minimum absolute atomic E-state index is 0.00135. The highest BCUT2D eigenvalue weighted by Gasteiger charge is 2.36. The molecule has 1 N–H and O–H groups in total. The van der Waals surface area contributed by atoms with E-state index in [4.69, 9.17) is 4.74 Å². The van der Waals surface area contributed by atoms with Crippen LogP contribution in [0.5, 0.6) is 0 Å². The molecule has 10 heteroatoms. The molecule has 4 nitrogen and oxygen atoms in total. The van der Waals surface area contributed by atoms with Crippen molar-refractivity contribution in [3.63, 3.8) is 0 Å². The van der Waals surface area contributed by atoms with Crippen molar-refractivity contribution in [1.82, 2.24) is 5.43 Å². The second-order valence-electron chi connectivity index (χ2n) is 5.71. The molecule has 134 valence electrons. The number of hydrazone groups is 1. The minimum Gasteiger partial charge on any atom is -0.443 e. The summed E-state index contributed by atoms with van der Waals surface area (Å²) in [7, 11) is 0. The molecule has 0 atom stereocenters. The lowest BCUT2D eigenvalue weighted by atomic mass is 10.1. The number of alkyl halides is 6. The van der Waals surface area contributed by atoms with Crippen molar-refractivity contribution in [2.75, 3.05) is 0 Å². The van der Waals surface area contributed by atoms with Crippen LogP contribution in [-0.2, 0) is 17.1 Å². The Morgan fingerprint density at radius 3 is 1.83 bits per heavy atom. The number of amides is 1. The third-order valence-corrected chi connectivity index (χ3v) is 2.38. The zero-order chi connectivity index (χ0) is 18.8. The Kier molecular flexibility index (Phi) is 5.52. The van der Waals surface area contributed by atoms with Gasteiger partial charge in [-0.25, -0.2) is 10.2 Å². The van der Waals surface area contributed by atoms with Gasteiger partial charge >= 0.3 is 18.4 Å². The van der Waals surface area contributed by atoms with Crippen molar-refractivity contribution in [3.8, 4) is 0 Å². The maximum Gasteiger partial charge on any atom is 0.428 e. The molecule has 0 bridgehead atoms. The van der Waals surface area contributed by atoms with Gasteiger partial charge in [-0.2, -0.15) is 31.4 Å². The monoisotopic (exact) mass is 356 g/mol. The standard InChI is InChI=1S/C14H14F6N2O2/c1-12(2,3)24-11(23)22-21-7-8-4-9(13(15,16)17)6-10(5-8)14(18,19)20/h4-7H,1-3H3,(H,22,23)/b21-7-. The van der Waals surface area contributed by atoms with E-state index >= 15 is 0 Å². The average molecular weight is 356 g/mol. The summed E-state index contributed by atoms with van der Waals surface area (Å²) in [6.07, 6.45) is -10.2. The fraction of sp³-hybridized carbons (Fsp3) is 0.429. The highest BCUT2D eigenvalue weighted by molar-refractivity contribution is 5.81. The highest BCUT2D eigenvalue weighted by atomic mass is 19.4. The first kappa shape index (κ1) is 19.8. The Labute approximate surface area is 133 Å². The summed E-state index contributed by atoms with van der Waals surface area (Å²) < 4.78 is 80.8. The zero-order valence-electron chi connectivity index (χ0n) is 12.8. The maximum atomic E-state index is 12.7. The van der Waals surface area contributed by atoms with Crippen molar-refractivity contribution in [1.29, 1.82) is 0 Å². The third kappa shape index (κ3) is 6.47. The quantitative estimate of drug-likeness (QED) is 0.479. The number of hydrogen-bond acceptors (Lipinski definition) is 3. The number of carbonyl (C=O) groups excluding carboxylic acids is 1. The summed E-state index contributed by atoms with van der Waals surface area (Å²) in [5.41, 5.74) is -2.41. The Morgan fingerprint density at radius 1 is 1.00 bits per heavy atom. The highest BCUT2D eigenvalue weighted by Crippen LogP contribution is 2.35. The largest absolute Gasteiger partial charge is 0.443 e. The molecule has 0 aliphatic rings. The van der Waals surface area contributed by atoms with E-state index in [9.17, 15) is 31.1 Å². The smallest absolute Gasteiger partial charge is 0.428 e. The van der Waals surface area contributed by atoms with Crippen LogP contribution in [0.3, 0.4) is 0 Å². The van der Waals surface area contributed by atoms with Gasteiger partial charge in [0, 0.05) is 0 Å². The number of benzene rings is 1. The molecular formula is C14H14F6N2O2. The van der Waals surface area contributed by atoms with Crippen molar-refractivity contribution >= 4 is 12.3 Å². The molecule has 0 fully saturated rings. The number of nitrogens with zero attached hydrogens (tertiary/aromatic N) is 1. The van der Waals surface area contributed by atoms with Crippen LogP contribution in [0.2, 0.25) is 0 Å². The molecule has 0 aromatic heterocycles. The molecule has 0 heterocycles. The van der Waals surface area contributed by atoms with Gasteiger partial charge in [-0.15, -0.1) is 0 Å². The van der Waals surface area contributed by atoms with Gasteiger partial charge in [0.15, 0.2) is 0 Å². The molecule has 0 aliphatic heterocycles. The van der Waals surface area contributed by atoms with Gasteiger partial charge in [0.2, 0.25) is 0 Å². The van der Waals surface area contributed by atoms with E-state index in [0.717, 1.165) is 0 Å². The zero-order valence-corrected chi connectivity index (χ0v) is 12.8. The summed E-state index contributed by atoms with van der Waals surface area (Å²) >= 11 is 0. The Morgan fingerprint density at radius 2 is 1.46 bits per heavy atom. The van der Waals surface area contributed by atoms with E-state index in [1.54, 1.807) is 20.8 Å². The molecule has 0 saturated heterocycles. The van der Waals surface area contributed by atoms with Crippen LogP contribution in [0.15, 0.2) is 23.3 Å². The van der Waals surface area contributed by atoms with Crippen molar-refractivity contribution in [3.05, 3.63) is 34.9 Å². The van der Waals surface area contributed by atoms with Gasteiger partial charge in [-0.1, -0.05) is 0 Å². The van der Waals surface area contributed by atoms with Crippen LogP contribution < -0.4 is 5.43 Å². The van der Waals surface area contributed by atoms with E-state index in [-0.39, 0.29) is 6.07 Å². The predicted octanol–water partition coefficient (Wildman–Crippen LogP) is 4.58. The summed E-state index contributed by atoms with van der Waals surface area (Å²) in [5, 5.41) is 3.29. The van der Waals surface area contributed by atoms with Gasteiger partial charge in [-0.3, -0.25) is 0 Å². The number of nitrogens with one attached hydrogen (secondary N) is 1. The van der Waals surface area contributed by atoms with Crippen LogP contribution in [0.25, 0.3) is 0 Å². The van der Waals surface area contributed by atoms with Crippen molar-refractivity contribution in [2.24, 2.45) is 5.10 Å². The molecule has 24 heavy (non-hydrogen) atoms. The van der Waals surface area contributed by atoms with Gasteiger partial charge in [0.25, 0.3) is 0 Å². The lowest BCUT2D eigenvalue weighted by Crippen LogP contribution is -2.29. The topological polar surface area (TPSA) is 50.7 Å². The second kappa shape index (κ2) is 6.70. The van der Waals surface area contributed by atoms with Gasteiger partial charge in [0.05, 0.1) is 17.3 Å². The lowest BCUT2D eigenvalue weighted by molar-refractivity contribution is -0.143. The van der Waals surface area contributed by atoms with Crippen LogP contribution in [0.4, 0.5) is 31.1 Å². The van der Waals surface area contributed by atoms with E-state index in [2.05, 4.69) is 5.10 Å². The summed E-state index contributed by atoms with van der Waals surface area (Å²) in [4.78, 5) is 11.3. The number of carbonyl (C=O) groups is 1. The second-order valence-corrected chi connectivity index (χ2v) is 5.71.